The van der Waals surface area contributed by atoms with Crippen molar-refractivity contribution in [1.82, 2.24) is 5.59 Å². The lowest BCUT2D eigenvalue weighted by Gasteiger charge is -1.99. The second-order valence-electron chi connectivity index (χ2n) is 1.88. The van der Waals surface area contributed by atoms with Gasteiger partial charge in [-0.1, -0.05) is 6.92 Å². The minimum atomic E-state index is -1.17. The Balaban J connectivity index is 4.03. The minimum Gasteiger partial charge on any atom is -0.476 e. The highest BCUT2D eigenvalue weighted by Crippen LogP contribution is 1.94. The number of hydrazine groups is 1. The number of carboxylic acids is 1. The van der Waals surface area contributed by atoms with Crippen molar-refractivity contribution in [2.45, 2.75) is 19.4 Å². The van der Waals surface area contributed by atoms with Crippen molar-refractivity contribution in [1.29, 1.82) is 0 Å². The Labute approximate surface area is 63.6 Å². The molecular weight excluding hydrogens is 152 g/mol. The summed E-state index contributed by atoms with van der Waals surface area (Å²) in [4.78, 5) is 25.4. The molecule has 0 amide bonds. The third-order valence-corrected chi connectivity index (χ3v) is 1.14. The number of nitrogens with one attached hydrogen (secondary N) is 1. The Hall–Kier alpha value is -1.17. The van der Waals surface area contributed by atoms with Crippen molar-refractivity contribution in [2.75, 3.05) is 7.11 Å². The summed E-state index contributed by atoms with van der Waals surface area (Å²) >= 11 is 0. The monoisotopic (exact) mass is 163 g/mol. The summed E-state index contributed by atoms with van der Waals surface area (Å²) in [5, 5.41) is 8.43. The van der Waals surface area contributed by atoms with Crippen LogP contribution in [0.3, 0.4) is 0 Å². The molecule has 0 heterocycles. The van der Waals surface area contributed by atoms with Crippen LogP contribution in [0.25, 0.3) is 0 Å². The van der Waals surface area contributed by atoms with Crippen molar-refractivity contribution in [3.05, 3.63) is 4.91 Å². The van der Waals surface area contributed by atoms with Gasteiger partial charge < -0.3 is 5.11 Å². The molecule has 1 atom stereocenters. The van der Waals surface area contributed by atoms with Crippen molar-refractivity contribution in [2.24, 2.45) is 0 Å². The maximum Gasteiger partial charge on any atom is 0.381 e. The van der Waals surface area contributed by atoms with E-state index in [1.165, 1.54) is 7.11 Å². The highest BCUT2D eigenvalue weighted by atomic mass is 16.7. The summed E-state index contributed by atoms with van der Waals surface area (Å²) in [5.74, 6) is -1.17. The summed E-state index contributed by atoms with van der Waals surface area (Å²) in [6, 6.07) is -1.10. The molecule has 0 aromatic heterocycles. The van der Waals surface area contributed by atoms with Gasteiger partial charge >= 0.3 is 12.0 Å². The zero-order valence-electron chi connectivity index (χ0n) is 6.40. The third-order valence-electron chi connectivity index (χ3n) is 1.14. The lowest BCUT2D eigenvalue weighted by molar-refractivity contribution is -0.677. The Bertz CT molecular complexity index is 159. The van der Waals surface area contributed by atoms with Crippen molar-refractivity contribution in [3.8, 4) is 0 Å². The fraction of sp³-hybridized carbons (Fsp3) is 0.800. The van der Waals surface area contributed by atoms with Crippen LogP contribution in [0.2, 0.25) is 0 Å². The molecule has 0 rings (SSSR count). The summed E-state index contributed by atoms with van der Waals surface area (Å²) in [5.41, 5.74) is 1.87. The average molecular weight is 163 g/mol. The fourth-order valence-electron chi connectivity index (χ4n) is 0.594. The van der Waals surface area contributed by atoms with E-state index in [1.807, 2.05) is 5.59 Å². The molecule has 11 heavy (non-hydrogen) atoms. The van der Waals surface area contributed by atoms with Crippen LogP contribution in [0.1, 0.15) is 13.3 Å². The Kier molecular flexibility index (Phi) is 4.12. The van der Waals surface area contributed by atoms with Crippen molar-refractivity contribution >= 4 is 5.97 Å². The van der Waals surface area contributed by atoms with E-state index in [-0.39, 0.29) is 11.3 Å². The SMILES string of the molecule is CC[C@H](C(=O)O)[N+](=O)NOC. The van der Waals surface area contributed by atoms with E-state index >= 15 is 0 Å². The van der Waals surface area contributed by atoms with Crippen LogP contribution in [0, 0.1) is 4.91 Å². The summed E-state index contributed by atoms with van der Waals surface area (Å²) < 4.78 is 0. The Morgan fingerprint density at radius 3 is 2.64 bits per heavy atom. The van der Waals surface area contributed by atoms with Crippen LogP contribution in [0.5, 0.6) is 0 Å². The van der Waals surface area contributed by atoms with Gasteiger partial charge in [0, 0.05) is 6.42 Å². The maximum atomic E-state index is 10.7. The summed E-state index contributed by atoms with van der Waals surface area (Å²) in [6.07, 6.45) is 0.217. The number of carbonyl (C=O) groups is 1. The van der Waals surface area contributed by atoms with Gasteiger partial charge in [-0.15, -0.1) is 0 Å². The normalized spacial score (nSPS) is 12.2. The number of aliphatic carboxylic acids is 1. The predicted molar refractivity (Wildman–Crippen MR) is 35.5 cm³/mol. The molecule has 0 unspecified atom stereocenters. The second-order valence-corrected chi connectivity index (χ2v) is 1.88. The van der Waals surface area contributed by atoms with Crippen molar-refractivity contribution in [3.63, 3.8) is 0 Å². The molecule has 0 aliphatic heterocycles. The molecule has 0 spiro atoms. The quantitative estimate of drug-likeness (QED) is 0.429. The largest absolute Gasteiger partial charge is 0.476 e. The smallest absolute Gasteiger partial charge is 0.381 e. The fourth-order valence-corrected chi connectivity index (χ4v) is 0.594. The number of carboxylic acid groups (broad SMARTS) is 1. The molecule has 0 saturated carbocycles. The number of hydrogen-bond acceptors (Lipinski definition) is 3. The third kappa shape index (κ3) is 2.94. The van der Waals surface area contributed by atoms with Crippen LogP contribution < -0.4 is 5.59 Å². The molecule has 0 radical (unpaired) electrons. The van der Waals surface area contributed by atoms with Gasteiger partial charge in [-0.2, -0.15) is 0 Å². The molecule has 6 nitrogen and oxygen atoms in total. The first-order valence-electron chi connectivity index (χ1n) is 3.11. The molecule has 0 aromatic carbocycles. The zero-order chi connectivity index (χ0) is 8.85. The molecule has 0 bridgehead atoms. The van der Waals surface area contributed by atoms with Gasteiger partial charge in [-0.05, 0) is 5.59 Å². The van der Waals surface area contributed by atoms with E-state index in [1.54, 1.807) is 6.92 Å². The number of hydrogen-bond donors (Lipinski definition) is 2. The first-order chi connectivity index (χ1) is 5.13. The first-order valence-corrected chi connectivity index (χ1v) is 3.11. The maximum absolute atomic E-state index is 10.7. The number of nitrogens with zero attached hydrogens (tertiary/aromatic N) is 1. The minimum absolute atomic E-state index is 0.155. The van der Waals surface area contributed by atoms with E-state index in [2.05, 4.69) is 4.84 Å². The topological polar surface area (TPSA) is 78.6 Å². The van der Waals surface area contributed by atoms with E-state index in [0.29, 0.717) is 0 Å². The second kappa shape index (κ2) is 4.62. The molecule has 64 valence electrons. The summed E-state index contributed by atoms with van der Waals surface area (Å²) in [6.45, 7) is 1.60. The molecule has 0 saturated heterocycles. The molecule has 6 heteroatoms. The lowest BCUT2D eigenvalue weighted by atomic mass is 10.2. The van der Waals surface area contributed by atoms with Gasteiger partial charge in [0.15, 0.2) is 4.87 Å². The van der Waals surface area contributed by atoms with Gasteiger partial charge in [-0.25, -0.2) is 9.63 Å². The van der Waals surface area contributed by atoms with Crippen LogP contribution in [0.15, 0.2) is 0 Å². The van der Waals surface area contributed by atoms with Crippen LogP contribution in [0.4, 0.5) is 0 Å². The van der Waals surface area contributed by atoms with Crippen LogP contribution >= 0.6 is 0 Å². The standard InChI is InChI=1S/C5H10N2O4/c1-3-4(5(8)9)7(10)6-11-2/h4H,3H2,1-2H3,(H-,6,8,9,10)/p+1/t4-/m1/s1. The molecule has 0 aliphatic carbocycles. The molecule has 0 aliphatic rings. The Morgan fingerprint density at radius 1 is 1.82 bits per heavy atom. The average Bonchev–Trinajstić information content (AvgIpc) is 1.88. The van der Waals surface area contributed by atoms with E-state index in [0.717, 1.165) is 0 Å². The van der Waals surface area contributed by atoms with E-state index < -0.39 is 12.0 Å². The zero-order valence-corrected chi connectivity index (χ0v) is 6.40. The van der Waals surface area contributed by atoms with Gasteiger partial charge in [-0.3, -0.25) is 0 Å². The van der Waals surface area contributed by atoms with Crippen LogP contribution in [-0.4, -0.2) is 29.1 Å². The predicted octanol–water partition coefficient (Wildman–Crippen LogP) is -0.306. The van der Waals surface area contributed by atoms with Gasteiger partial charge in [0.05, 0.1) is 12.0 Å². The van der Waals surface area contributed by atoms with Gasteiger partial charge in [0.2, 0.25) is 0 Å². The van der Waals surface area contributed by atoms with Crippen LogP contribution in [-0.2, 0) is 9.63 Å². The highest BCUT2D eigenvalue weighted by molar-refractivity contribution is 5.71. The first kappa shape index (κ1) is 9.83. The van der Waals surface area contributed by atoms with Gasteiger partial charge in [0.25, 0.3) is 0 Å². The van der Waals surface area contributed by atoms with Crippen molar-refractivity contribution < 1.29 is 19.6 Å². The molecular formula is C5H11N2O4+. The summed E-state index contributed by atoms with van der Waals surface area (Å²) in [7, 11) is 1.24. The molecule has 2 N–H and O–H groups in total. The number of rotatable bonds is 5. The number of nitroso groups, excluding NO2 is 1. The van der Waals surface area contributed by atoms with E-state index in [4.69, 9.17) is 5.11 Å². The Morgan fingerprint density at radius 2 is 2.36 bits per heavy atom. The van der Waals surface area contributed by atoms with E-state index in [9.17, 15) is 9.70 Å². The van der Waals surface area contributed by atoms with Gasteiger partial charge in [0.1, 0.15) is 0 Å². The highest BCUT2D eigenvalue weighted by Gasteiger charge is 2.32. The molecule has 0 aromatic rings. The molecule has 0 fully saturated rings. The lowest BCUT2D eigenvalue weighted by Crippen LogP contribution is -2.39.